The third-order valence-electron chi connectivity index (χ3n) is 2.42. The van der Waals surface area contributed by atoms with E-state index in [1.807, 2.05) is 0 Å². The lowest BCUT2D eigenvalue weighted by atomic mass is 10.3. The number of benzene rings is 1. The summed E-state index contributed by atoms with van der Waals surface area (Å²) >= 11 is 5.76. The number of sulfonamides is 1. The van der Waals surface area contributed by atoms with Gasteiger partial charge in [-0.1, -0.05) is 24.6 Å². The van der Waals surface area contributed by atoms with Gasteiger partial charge in [-0.2, -0.15) is 17.5 Å². The van der Waals surface area contributed by atoms with Crippen molar-refractivity contribution >= 4 is 27.3 Å². The van der Waals surface area contributed by atoms with Gasteiger partial charge in [0.1, 0.15) is 11.4 Å². The molecule has 20 heavy (non-hydrogen) atoms. The molecule has 0 aromatic heterocycles. The molecule has 114 valence electrons. The van der Waals surface area contributed by atoms with E-state index in [0.29, 0.717) is 4.31 Å². The minimum atomic E-state index is -4.64. The van der Waals surface area contributed by atoms with Crippen LogP contribution in [0.15, 0.2) is 23.1 Å². The zero-order valence-corrected chi connectivity index (χ0v) is 12.2. The summed E-state index contributed by atoms with van der Waals surface area (Å²) in [5, 5.41) is -0.201. The molecule has 0 bridgehead atoms. The quantitative estimate of drug-likeness (QED) is 0.844. The SMILES string of the molecule is CCCN(CC(F)(F)F)S(=O)(=O)c1c(N)cccc1Cl. The van der Waals surface area contributed by atoms with Gasteiger partial charge in [0, 0.05) is 6.54 Å². The fourth-order valence-electron chi connectivity index (χ4n) is 1.66. The van der Waals surface area contributed by atoms with Crippen molar-refractivity contribution in [1.29, 1.82) is 0 Å². The van der Waals surface area contributed by atoms with Crippen LogP contribution < -0.4 is 5.73 Å². The van der Waals surface area contributed by atoms with Crippen LogP contribution in [0, 0.1) is 0 Å². The molecule has 1 aromatic rings. The molecule has 0 unspecified atom stereocenters. The molecule has 1 aromatic carbocycles. The fourth-order valence-corrected chi connectivity index (χ4v) is 3.81. The van der Waals surface area contributed by atoms with Gasteiger partial charge in [0.05, 0.1) is 10.7 Å². The van der Waals surface area contributed by atoms with Crippen LogP contribution in [0.1, 0.15) is 13.3 Å². The van der Waals surface area contributed by atoms with Gasteiger partial charge >= 0.3 is 6.18 Å². The highest BCUT2D eigenvalue weighted by Gasteiger charge is 2.38. The Morgan fingerprint density at radius 3 is 2.40 bits per heavy atom. The molecule has 0 aliphatic heterocycles. The first-order valence-corrected chi connectivity index (χ1v) is 7.52. The Morgan fingerprint density at radius 2 is 1.95 bits per heavy atom. The first kappa shape index (κ1) is 17.1. The van der Waals surface area contributed by atoms with Gasteiger partial charge in [0.25, 0.3) is 0 Å². The van der Waals surface area contributed by atoms with E-state index in [1.165, 1.54) is 18.2 Å². The van der Waals surface area contributed by atoms with Crippen molar-refractivity contribution in [3.8, 4) is 0 Å². The number of hydrogen-bond acceptors (Lipinski definition) is 3. The van der Waals surface area contributed by atoms with Crippen molar-refractivity contribution in [2.45, 2.75) is 24.4 Å². The molecule has 0 fully saturated rings. The maximum absolute atomic E-state index is 12.5. The summed E-state index contributed by atoms with van der Waals surface area (Å²) in [7, 11) is -4.40. The largest absolute Gasteiger partial charge is 0.402 e. The molecule has 1 rings (SSSR count). The van der Waals surface area contributed by atoms with Gasteiger partial charge in [0.15, 0.2) is 0 Å². The van der Waals surface area contributed by atoms with Gasteiger partial charge in [-0.3, -0.25) is 0 Å². The molecule has 0 spiro atoms. The van der Waals surface area contributed by atoms with E-state index in [1.54, 1.807) is 6.92 Å². The van der Waals surface area contributed by atoms with Crippen LogP contribution in [-0.4, -0.2) is 32.0 Å². The van der Waals surface area contributed by atoms with Gasteiger partial charge in [-0.05, 0) is 18.6 Å². The third kappa shape index (κ3) is 4.00. The number of nitrogens with two attached hydrogens (primary N) is 1. The smallest absolute Gasteiger partial charge is 0.398 e. The molecular formula is C11H14ClF3N2O2S. The predicted molar refractivity (Wildman–Crippen MR) is 71.0 cm³/mol. The van der Waals surface area contributed by atoms with E-state index in [-0.39, 0.29) is 23.7 Å². The summed E-state index contributed by atoms with van der Waals surface area (Å²) in [4.78, 5) is -0.487. The van der Waals surface area contributed by atoms with Crippen molar-refractivity contribution in [3.05, 3.63) is 23.2 Å². The summed E-state index contributed by atoms with van der Waals surface area (Å²) in [6.07, 6.45) is -4.40. The van der Waals surface area contributed by atoms with Gasteiger partial charge in [-0.15, -0.1) is 0 Å². The number of nitrogen functional groups attached to an aromatic ring is 1. The lowest BCUT2D eigenvalue weighted by molar-refractivity contribution is -0.136. The Labute approximate surface area is 120 Å². The summed E-state index contributed by atoms with van der Waals surface area (Å²) in [5.74, 6) is 0. The normalized spacial score (nSPS) is 12.9. The lowest BCUT2D eigenvalue weighted by Gasteiger charge is -2.24. The molecule has 4 nitrogen and oxygen atoms in total. The summed E-state index contributed by atoms with van der Waals surface area (Å²) in [6, 6.07) is 3.96. The number of alkyl halides is 3. The molecule has 0 amide bonds. The Kier molecular flexibility index (Phi) is 5.28. The standard InChI is InChI=1S/C11H14ClF3N2O2S/c1-2-6-17(7-11(13,14)15)20(18,19)10-8(12)4-3-5-9(10)16/h3-5H,2,6-7,16H2,1H3. The van der Waals surface area contributed by atoms with E-state index in [4.69, 9.17) is 17.3 Å². The Hall–Kier alpha value is -0.990. The van der Waals surface area contributed by atoms with Gasteiger partial charge in [-0.25, -0.2) is 8.42 Å². The molecule has 0 saturated carbocycles. The number of hydrogen-bond donors (Lipinski definition) is 1. The van der Waals surface area contributed by atoms with Crippen LogP contribution >= 0.6 is 11.6 Å². The van der Waals surface area contributed by atoms with Crippen molar-refractivity contribution < 1.29 is 21.6 Å². The summed E-state index contributed by atoms with van der Waals surface area (Å²) < 4.78 is 62.5. The second-order valence-electron chi connectivity index (χ2n) is 4.11. The second-order valence-corrected chi connectivity index (χ2v) is 6.39. The average Bonchev–Trinajstić information content (AvgIpc) is 2.26. The average molecular weight is 331 g/mol. The predicted octanol–water partition coefficient (Wildman–Crippen LogP) is 2.89. The van der Waals surface area contributed by atoms with E-state index in [0.717, 1.165) is 0 Å². The number of nitrogens with zero attached hydrogens (tertiary/aromatic N) is 1. The van der Waals surface area contributed by atoms with Crippen molar-refractivity contribution in [1.82, 2.24) is 4.31 Å². The molecule has 0 atom stereocenters. The molecule has 0 radical (unpaired) electrons. The number of anilines is 1. The summed E-state index contributed by atoms with van der Waals surface area (Å²) in [5.41, 5.74) is 5.35. The minimum Gasteiger partial charge on any atom is -0.398 e. The molecule has 0 heterocycles. The zero-order chi connectivity index (χ0) is 15.6. The topological polar surface area (TPSA) is 63.4 Å². The Balaban J connectivity index is 3.30. The minimum absolute atomic E-state index is 0.180. The van der Waals surface area contributed by atoms with E-state index >= 15 is 0 Å². The second kappa shape index (κ2) is 6.19. The number of rotatable bonds is 5. The van der Waals surface area contributed by atoms with Crippen LogP contribution in [-0.2, 0) is 10.0 Å². The van der Waals surface area contributed by atoms with E-state index < -0.39 is 27.6 Å². The first-order chi connectivity index (χ1) is 9.09. The fraction of sp³-hybridized carbons (Fsp3) is 0.455. The highest BCUT2D eigenvalue weighted by Crippen LogP contribution is 2.31. The van der Waals surface area contributed by atoms with E-state index in [9.17, 15) is 21.6 Å². The third-order valence-corrected chi connectivity index (χ3v) is 4.81. The Morgan fingerprint density at radius 1 is 1.35 bits per heavy atom. The molecule has 0 aliphatic carbocycles. The highest BCUT2D eigenvalue weighted by molar-refractivity contribution is 7.89. The van der Waals surface area contributed by atoms with Crippen molar-refractivity contribution in [2.24, 2.45) is 0 Å². The van der Waals surface area contributed by atoms with Crippen LogP contribution in [0.5, 0.6) is 0 Å². The maximum Gasteiger partial charge on any atom is 0.402 e. The first-order valence-electron chi connectivity index (χ1n) is 5.70. The molecular weight excluding hydrogens is 317 g/mol. The Bertz CT molecular complexity index is 555. The molecule has 9 heteroatoms. The monoisotopic (exact) mass is 330 g/mol. The molecule has 2 N–H and O–H groups in total. The van der Waals surface area contributed by atoms with Crippen LogP contribution in [0.25, 0.3) is 0 Å². The lowest BCUT2D eigenvalue weighted by Crippen LogP contribution is -2.39. The highest BCUT2D eigenvalue weighted by atomic mass is 35.5. The van der Waals surface area contributed by atoms with E-state index in [2.05, 4.69) is 0 Å². The van der Waals surface area contributed by atoms with Crippen molar-refractivity contribution in [2.75, 3.05) is 18.8 Å². The van der Waals surface area contributed by atoms with Crippen molar-refractivity contribution in [3.63, 3.8) is 0 Å². The van der Waals surface area contributed by atoms with Gasteiger partial charge < -0.3 is 5.73 Å². The zero-order valence-electron chi connectivity index (χ0n) is 10.6. The van der Waals surface area contributed by atoms with Crippen LogP contribution in [0.2, 0.25) is 5.02 Å². The molecule has 0 aliphatic rings. The molecule has 0 saturated heterocycles. The van der Waals surface area contributed by atoms with Gasteiger partial charge in [0.2, 0.25) is 10.0 Å². The summed E-state index contributed by atoms with van der Waals surface area (Å²) in [6.45, 7) is -0.269. The van der Waals surface area contributed by atoms with Crippen LogP contribution in [0.4, 0.5) is 18.9 Å². The maximum atomic E-state index is 12.5. The van der Waals surface area contributed by atoms with Crippen LogP contribution in [0.3, 0.4) is 0 Å². The number of halogens is 4.